The first-order chi connectivity index (χ1) is 15.9. The van der Waals surface area contributed by atoms with Gasteiger partial charge in [0.1, 0.15) is 0 Å². The van der Waals surface area contributed by atoms with Gasteiger partial charge in [0.05, 0.1) is 12.2 Å². The summed E-state index contributed by atoms with van der Waals surface area (Å²) >= 11 is 0. The zero-order valence-corrected chi connectivity index (χ0v) is 21.4. The molecule has 0 aromatic carbocycles. The summed E-state index contributed by atoms with van der Waals surface area (Å²) in [6.07, 6.45) is 16.4. The van der Waals surface area contributed by atoms with Gasteiger partial charge in [-0.1, -0.05) is 26.7 Å². The van der Waals surface area contributed by atoms with Crippen LogP contribution in [0, 0.1) is 34.5 Å². The summed E-state index contributed by atoms with van der Waals surface area (Å²) in [7, 11) is 0. The van der Waals surface area contributed by atoms with Crippen molar-refractivity contribution in [3.63, 3.8) is 0 Å². The number of fused-ring (bicyclic) bond motifs is 5. The van der Waals surface area contributed by atoms with Gasteiger partial charge in [-0.2, -0.15) is 0 Å². The lowest BCUT2D eigenvalue weighted by Gasteiger charge is -2.62. The summed E-state index contributed by atoms with van der Waals surface area (Å²) in [4.78, 5) is 5.33. The van der Waals surface area contributed by atoms with Crippen molar-refractivity contribution < 1.29 is 10.2 Å². The van der Waals surface area contributed by atoms with E-state index >= 15 is 0 Å². The van der Waals surface area contributed by atoms with Crippen LogP contribution in [0.15, 0.2) is 0 Å². The van der Waals surface area contributed by atoms with E-state index in [2.05, 4.69) is 23.6 Å². The smallest absolute Gasteiger partial charge is 0.0751 e. The molecule has 6 aliphatic rings. The van der Waals surface area contributed by atoms with E-state index in [0.717, 1.165) is 18.3 Å². The second-order valence-electron chi connectivity index (χ2n) is 13.7. The van der Waals surface area contributed by atoms with Crippen molar-refractivity contribution in [2.45, 2.75) is 122 Å². The van der Waals surface area contributed by atoms with Gasteiger partial charge in [-0.05, 0) is 131 Å². The van der Waals surface area contributed by atoms with Crippen molar-refractivity contribution in [1.29, 1.82) is 0 Å². The van der Waals surface area contributed by atoms with Gasteiger partial charge in [-0.25, -0.2) is 0 Å². The zero-order chi connectivity index (χ0) is 22.8. The molecule has 2 N–H and O–H groups in total. The van der Waals surface area contributed by atoms with Crippen molar-refractivity contribution in [1.82, 2.24) is 9.80 Å². The highest BCUT2D eigenvalue weighted by Gasteiger charge is 2.63. The number of hydrogen-bond donors (Lipinski definition) is 2. The second kappa shape index (κ2) is 8.75. The van der Waals surface area contributed by atoms with Crippen LogP contribution >= 0.6 is 0 Å². The lowest BCUT2D eigenvalue weighted by atomic mass is 9.44. The minimum absolute atomic E-state index is 0.118. The fourth-order valence-corrected chi connectivity index (χ4v) is 10.5. The Morgan fingerprint density at radius 1 is 0.667 bits per heavy atom. The van der Waals surface area contributed by atoms with Gasteiger partial charge >= 0.3 is 0 Å². The maximum absolute atomic E-state index is 11.6. The van der Waals surface area contributed by atoms with E-state index in [1.807, 2.05) is 0 Å². The standard InChI is InChI=1S/C29H50N2O2/c1-28-12-11-22-21(23(28)18-24(27(28)33)30-13-5-3-6-14-30)10-9-20-17-26(32)25(19-29(20,22)2)31-15-7-4-8-16-31/h20-27,32-33H,3-19H2,1-2H3/t20-,21+,22-,23-,24-,25-,26-,27+,28-,29-/m0/s1. The topological polar surface area (TPSA) is 46.9 Å². The summed E-state index contributed by atoms with van der Waals surface area (Å²) in [5.41, 5.74) is 0.493. The van der Waals surface area contributed by atoms with Crippen LogP contribution in [0.5, 0.6) is 0 Å². The number of likely N-dealkylation sites (tertiary alicyclic amines) is 2. The van der Waals surface area contributed by atoms with E-state index in [9.17, 15) is 10.2 Å². The minimum atomic E-state index is -0.138. The molecule has 0 radical (unpaired) electrons. The Morgan fingerprint density at radius 3 is 1.97 bits per heavy atom. The van der Waals surface area contributed by atoms with E-state index in [1.54, 1.807) is 0 Å². The SMILES string of the molecule is C[C@]12C[C@H](N3CCCCC3)[C@@H](O)C[C@@H]1CC[C@@H]1[C@@H]2CC[C@]2(C)[C@H](O)[C@@H](N3CCCCC3)C[C@@H]12. The Balaban J connectivity index is 1.24. The van der Waals surface area contributed by atoms with E-state index in [0.29, 0.717) is 29.3 Å². The molecule has 4 nitrogen and oxygen atoms in total. The minimum Gasteiger partial charge on any atom is -0.391 e. The van der Waals surface area contributed by atoms with Crippen molar-refractivity contribution in [3.05, 3.63) is 0 Å². The predicted molar refractivity (Wildman–Crippen MR) is 133 cm³/mol. The lowest BCUT2D eigenvalue weighted by Crippen LogP contribution is -2.60. The highest BCUT2D eigenvalue weighted by atomic mass is 16.3. The monoisotopic (exact) mass is 458 g/mol. The summed E-state index contributed by atoms with van der Waals surface area (Å²) in [6, 6.07) is 0.785. The lowest BCUT2D eigenvalue weighted by molar-refractivity contribution is -0.154. The predicted octanol–water partition coefficient (Wildman–Crippen LogP) is 4.68. The third-order valence-corrected chi connectivity index (χ3v) is 12.4. The van der Waals surface area contributed by atoms with E-state index in [-0.39, 0.29) is 17.6 Å². The fraction of sp³-hybridized carbons (Fsp3) is 1.00. The van der Waals surface area contributed by atoms with Crippen LogP contribution in [0.25, 0.3) is 0 Å². The van der Waals surface area contributed by atoms with E-state index in [4.69, 9.17) is 0 Å². The molecule has 2 aliphatic heterocycles. The average molecular weight is 459 g/mol. The van der Waals surface area contributed by atoms with Crippen LogP contribution in [0.3, 0.4) is 0 Å². The molecule has 0 amide bonds. The summed E-state index contributed by atoms with van der Waals surface area (Å²) in [5.74, 6) is 2.97. The molecule has 0 bridgehead atoms. The van der Waals surface area contributed by atoms with Crippen LogP contribution < -0.4 is 0 Å². The van der Waals surface area contributed by atoms with Crippen molar-refractivity contribution in [3.8, 4) is 0 Å². The number of nitrogens with zero attached hydrogens (tertiary/aromatic N) is 2. The number of piperidine rings is 2. The molecule has 2 heterocycles. The Bertz CT molecular complexity index is 704. The fourth-order valence-electron chi connectivity index (χ4n) is 10.5. The highest BCUT2D eigenvalue weighted by Crippen LogP contribution is 2.66. The van der Waals surface area contributed by atoms with Crippen molar-refractivity contribution in [2.24, 2.45) is 34.5 Å². The molecule has 6 fully saturated rings. The van der Waals surface area contributed by atoms with Gasteiger partial charge in [0.25, 0.3) is 0 Å². The third kappa shape index (κ3) is 3.67. The summed E-state index contributed by atoms with van der Waals surface area (Å²) < 4.78 is 0. The normalized spacial score (nSPS) is 53.8. The van der Waals surface area contributed by atoms with Gasteiger partial charge in [-0.15, -0.1) is 0 Å². The molecule has 4 saturated carbocycles. The molecular weight excluding hydrogens is 408 g/mol. The summed E-state index contributed by atoms with van der Waals surface area (Å²) in [5, 5.41) is 22.8. The van der Waals surface area contributed by atoms with Crippen LogP contribution in [0.1, 0.15) is 97.3 Å². The van der Waals surface area contributed by atoms with Crippen molar-refractivity contribution in [2.75, 3.05) is 26.2 Å². The summed E-state index contributed by atoms with van der Waals surface area (Å²) in [6.45, 7) is 9.88. The number of aliphatic hydroxyl groups excluding tert-OH is 2. The van der Waals surface area contributed by atoms with Crippen molar-refractivity contribution >= 4 is 0 Å². The molecular formula is C29H50N2O2. The molecule has 33 heavy (non-hydrogen) atoms. The number of rotatable bonds is 2. The Kier molecular flexibility index (Phi) is 6.16. The quantitative estimate of drug-likeness (QED) is 0.631. The Labute approximate surface area is 202 Å². The molecule has 6 rings (SSSR count). The highest BCUT2D eigenvalue weighted by molar-refractivity contribution is 5.14. The molecule has 4 aliphatic carbocycles. The Hall–Kier alpha value is -0.160. The third-order valence-electron chi connectivity index (χ3n) is 12.4. The van der Waals surface area contributed by atoms with E-state index < -0.39 is 0 Å². The molecule has 0 aromatic rings. The largest absolute Gasteiger partial charge is 0.391 e. The molecule has 0 aromatic heterocycles. The van der Waals surface area contributed by atoms with Gasteiger partial charge < -0.3 is 10.2 Å². The second-order valence-corrected chi connectivity index (χ2v) is 13.7. The van der Waals surface area contributed by atoms with Gasteiger partial charge in [0.15, 0.2) is 0 Å². The van der Waals surface area contributed by atoms with Gasteiger partial charge in [-0.3, -0.25) is 9.80 Å². The zero-order valence-electron chi connectivity index (χ0n) is 21.4. The van der Waals surface area contributed by atoms with Crippen LogP contribution in [-0.2, 0) is 0 Å². The molecule has 0 spiro atoms. The first kappa shape index (κ1) is 23.3. The van der Waals surface area contributed by atoms with Gasteiger partial charge in [0, 0.05) is 12.1 Å². The molecule has 4 heteroatoms. The first-order valence-corrected chi connectivity index (χ1v) is 14.8. The van der Waals surface area contributed by atoms with E-state index in [1.165, 1.54) is 103 Å². The Morgan fingerprint density at radius 2 is 1.30 bits per heavy atom. The molecule has 188 valence electrons. The van der Waals surface area contributed by atoms with Gasteiger partial charge in [0.2, 0.25) is 0 Å². The maximum atomic E-state index is 11.6. The molecule has 10 atom stereocenters. The van der Waals surface area contributed by atoms with Crippen LogP contribution in [-0.4, -0.2) is 70.5 Å². The number of hydrogen-bond acceptors (Lipinski definition) is 4. The average Bonchev–Trinajstić information content (AvgIpc) is 3.11. The molecule has 0 unspecified atom stereocenters. The van der Waals surface area contributed by atoms with Crippen LogP contribution in [0.2, 0.25) is 0 Å². The van der Waals surface area contributed by atoms with Crippen LogP contribution in [0.4, 0.5) is 0 Å². The number of aliphatic hydroxyl groups is 2. The molecule has 2 saturated heterocycles. The maximum Gasteiger partial charge on any atom is 0.0751 e. The first-order valence-electron chi connectivity index (χ1n) is 14.8.